The fourth-order valence-electron chi connectivity index (χ4n) is 5.45. The molecule has 1 heterocycles. The number of carboxylic acid groups (broad SMARTS) is 1. The van der Waals surface area contributed by atoms with Crippen LogP contribution < -0.4 is 5.32 Å². The molecule has 0 radical (unpaired) electrons. The van der Waals surface area contributed by atoms with E-state index in [4.69, 9.17) is 0 Å². The Kier molecular flexibility index (Phi) is 7.84. The number of rotatable bonds is 9. The number of carbonyl (C=O) groups excluding carboxylic acids is 1. The molecule has 4 rings (SSSR count). The Morgan fingerprint density at radius 3 is 2.29 bits per heavy atom. The molecule has 1 aromatic carbocycles. The molecule has 2 aliphatic carbocycles. The molecule has 0 saturated heterocycles. The summed E-state index contributed by atoms with van der Waals surface area (Å²) in [6, 6.07) is 8.37. The van der Waals surface area contributed by atoms with E-state index < -0.39 is 23.2 Å². The molecule has 1 aromatic heterocycles. The zero-order chi connectivity index (χ0) is 27.9. The fraction of sp³-hybridized carbons (Fsp3) is 0.625. The van der Waals surface area contributed by atoms with E-state index in [0.717, 1.165) is 49.8 Å². The zero-order valence-corrected chi connectivity index (χ0v) is 24.0. The predicted molar refractivity (Wildman–Crippen MR) is 150 cm³/mol. The van der Waals surface area contributed by atoms with E-state index in [-0.39, 0.29) is 29.4 Å². The van der Waals surface area contributed by atoms with Crippen LogP contribution in [0.1, 0.15) is 114 Å². The molecular formula is C32H45FN2O3. The van der Waals surface area contributed by atoms with E-state index in [9.17, 15) is 14.7 Å². The van der Waals surface area contributed by atoms with Gasteiger partial charge in [0.2, 0.25) is 5.95 Å². The monoisotopic (exact) mass is 524 g/mol. The van der Waals surface area contributed by atoms with Gasteiger partial charge in [0.15, 0.2) is 0 Å². The third kappa shape index (κ3) is 6.16. The molecule has 0 bridgehead atoms. The summed E-state index contributed by atoms with van der Waals surface area (Å²) < 4.78 is 17.8. The number of halogens is 1. The summed E-state index contributed by atoms with van der Waals surface area (Å²) in [6.45, 7) is 12.9. The van der Waals surface area contributed by atoms with Gasteiger partial charge in [-0.05, 0) is 97.6 Å². The average molecular weight is 525 g/mol. The summed E-state index contributed by atoms with van der Waals surface area (Å²) in [7, 11) is 0. The Bertz CT molecular complexity index is 1170. The van der Waals surface area contributed by atoms with Crippen LogP contribution in [0.4, 0.5) is 4.39 Å². The number of hydrogen-bond donors (Lipinski definition) is 2. The van der Waals surface area contributed by atoms with Crippen LogP contribution in [-0.4, -0.2) is 28.1 Å². The second-order valence-electron chi connectivity index (χ2n) is 13.7. The highest BCUT2D eigenvalue weighted by Gasteiger charge is 2.40. The highest BCUT2D eigenvalue weighted by molar-refractivity contribution is 5.96. The molecule has 2 N–H and O–H groups in total. The molecule has 2 fully saturated rings. The topological polar surface area (TPSA) is 71.3 Å². The first kappa shape index (κ1) is 28.4. The van der Waals surface area contributed by atoms with Crippen molar-refractivity contribution in [2.75, 3.05) is 6.54 Å². The molecule has 0 spiro atoms. The number of nitrogens with zero attached hydrogens (tertiary/aromatic N) is 1. The SMILES string of the molecule is CC(C)(CCNC(=O)c1cc(-c2cc(C(C)(C)C)cc(C3(C)CC3)c2)n(CC2CCCCC2)c1F)C(=O)O. The number of aromatic nitrogens is 1. The number of amides is 1. The summed E-state index contributed by atoms with van der Waals surface area (Å²) in [4.78, 5) is 24.6. The van der Waals surface area contributed by atoms with Gasteiger partial charge in [0.1, 0.15) is 0 Å². The van der Waals surface area contributed by atoms with Gasteiger partial charge in [-0.25, -0.2) is 0 Å². The van der Waals surface area contributed by atoms with E-state index in [1.807, 2.05) is 0 Å². The lowest BCUT2D eigenvalue weighted by molar-refractivity contribution is -0.147. The van der Waals surface area contributed by atoms with Crippen molar-refractivity contribution in [1.29, 1.82) is 0 Å². The minimum atomic E-state index is -0.966. The molecular weight excluding hydrogens is 479 g/mol. The summed E-state index contributed by atoms with van der Waals surface area (Å²) in [5.41, 5.74) is 3.37. The van der Waals surface area contributed by atoms with Gasteiger partial charge in [0.25, 0.3) is 5.91 Å². The number of hydrogen-bond acceptors (Lipinski definition) is 2. The van der Waals surface area contributed by atoms with Gasteiger partial charge in [-0.15, -0.1) is 0 Å². The lowest BCUT2D eigenvalue weighted by Crippen LogP contribution is -2.32. The van der Waals surface area contributed by atoms with Gasteiger partial charge < -0.3 is 15.0 Å². The van der Waals surface area contributed by atoms with E-state index in [2.05, 4.69) is 51.2 Å². The molecule has 6 heteroatoms. The van der Waals surface area contributed by atoms with Gasteiger partial charge in [0, 0.05) is 13.1 Å². The number of nitrogens with one attached hydrogen (secondary N) is 1. The second-order valence-corrected chi connectivity index (χ2v) is 13.7. The summed E-state index contributed by atoms with van der Waals surface area (Å²) in [5.74, 6) is -1.52. The van der Waals surface area contributed by atoms with E-state index in [1.165, 1.54) is 17.5 Å². The number of carboxylic acids is 1. The highest BCUT2D eigenvalue weighted by Crippen LogP contribution is 2.49. The van der Waals surface area contributed by atoms with Gasteiger partial charge in [-0.1, -0.05) is 53.0 Å². The Balaban J connectivity index is 1.72. The molecule has 38 heavy (non-hydrogen) atoms. The molecule has 208 valence electrons. The Morgan fingerprint density at radius 2 is 1.71 bits per heavy atom. The molecule has 2 aliphatic rings. The molecule has 2 aromatic rings. The van der Waals surface area contributed by atoms with E-state index >= 15 is 4.39 Å². The van der Waals surface area contributed by atoms with Crippen LogP contribution in [-0.2, 0) is 22.2 Å². The maximum absolute atomic E-state index is 16.1. The fourth-order valence-corrected chi connectivity index (χ4v) is 5.45. The summed E-state index contributed by atoms with van der Waals surface area (Å²) in [6.07, 6.45) is 8.28. The largest absolute Gasteiger partial charge is 0.481 e. The lowest BCUT2D eigenvalue weighted by atomic mass is 9.82. The molecule has 2 saturated carbocycles. The van der Waals surface area contributed by atoms with Crippen LogP contribution in [0.3, 0.4) is 0 Å². The minimum absolute atomic E-state index is 0.0317. The third-order valence-electron chi connectivity index (χ3n) is 8.85. The van der Waals surface area contributed by atoms with E-state index in [1.54, 1.807) is 24.5 Å². The first-order valence-corrected chi connectivity index (χ1v) is 14.3. The number of carbonyl (C=O) groups is 2. The molecule has 0 atom stereocenters. The normalized spacial score (nSPS) is 17.9. The highest BCUT2D eigenvalue weighted by atomic mass is 19.1. The third-order valence-corrected chi connectivity index (χ3v) is 8.85. The van der Waals surface area contributed by atoms with Crippen LogP contribution in [0, 0.1) is 17.3 Å². The predicted octanol–water partition coefficient (Wildman–Crippen LogP) is 7.45. The number of aliphatic carboxylic acids is 1. The first-order valence-electron chi connectivity index (χ1n) is 14.3. The standard InChI is InChI=1S/C32H45FN2O3/c1-30(2,3)23-16-22(17-24(18-23)32(6)12-13-32)26-19-25(28(36)34-15-14-31(4,5)29(37)38)27(33)35(26)20-21-10-8-7-9-11-21/h16-19,21H,7-15,20H2,1-6H3,(H,34,36)(H,37,38). The quantitative estimate of drug-likeness (QED) is 0.358. The van der Waals surface area contributed by atoms with Crippen molar-refractivity contribution < 1.29 is 19.1 Å². The lowest BCUT2D eigenvalue weighted by Gasteiger charge is -2.25. The molecule has 1 amide bonds. The Labute approximate surface area is 227 Å². The maximum atomic E-state index is 16.1. The summed E-state index contributed by atoms with van der Waals surface area (Å²) >= 11 is 0. The number of benzene rings is 1. The first-order chi connectivity index (χ1) is 17.7. The zero-order valence-electron chi connectivity index (χ0n) is 24.0. The van der Waals surface area contributed by atoms with Crippen LogP contribution in [0.5, 0.6) is 0 Å². The smallest absolute Gasteiger partial charge is 0.309 e. The van der Waals surface area contributed by atoms with Crippen LogP contribution in [0.2, 0.25) is 0 Å². The van der Waals surface area contributed by atoms with Crippen molar-refractivity contribution in [3.05, 3.63) is 46.9 Å². The molecule has 0 unspecified atom stereocenters. The van der Waals surface area contributed by atoms with Crippen LogP contribution in [0.15, 0.2) is 24.3 Å². The Morgan fingerprint density at radius 1 is 1.05 bits per heavy atom. The maximum Gasteiger partial charge on any atom is 0.309 e. The molecule has 5 nitrogen and oxygen atoms in total. The van der Waals surface area contributed by atoms with Crippen molar-refractivity contribution in [2.45, 2.75) is 110 Å². The van der Waals surface area contributed by atoms with Crippen LogP contribution in [0.25, 0.3) is 11.3 Å². The van der Waals surface area contributed by atoms with Crippen molar-refractivity contribution in [1.82, 2.24) is 9.88 Å². The summed E-state index contributed by atoms with van der Waals surface area (Å²) in [5, 5.41) is 12.1. The molecule has 0 aliphatic heterocycles. The average Bonchev–Trinajstić information content (AvgIpc) is 3.53. The van der Waals surface area contributed by atoms with Gasteiger partial charge in [-0.3, -0.25) is 9.59 Å². The van der Waals surface area contributed by atoms with Gasteiger partial charge >= 0.3 is 5.97 Å². The van der Waals surface area contributed by atoms with Crippen molar-refractivity contribution in [3.63, 3.8) is 0 Å². The van der Waals surface area contributed by atoms with Crippen molar-refractivity contribution >= 4 is 11.9 Å². The van der Waals surface area contributed by atoms with Gasteiger partial charge in [0.05, 0.1) is 16.7 Å². The second kappa shape index (κ2) is 10.5. The van der Waals surface area contributed by atoms with E-state index in [0.29, 0.717) is 12.5 Å². The van der Waals surface area contributed by atoms with Crippen molar-refractivity contribution in [2.24, 2.45) is 11.3 Å². The van der Waals surface area contributed by atoms with Crippen molar-refractivity contribution in [3.8, 4) is 11.3 Å². The van der Waals surface area contributed by atoms with Crippen LogP contribution >= 0.6 is 0 Å². The minimum Gasteiger partial charge on any atom is -0.481 e. The van der Waals surface area contributed by atoms with Gasteiger partial charge in [-0.2, -0.15) is 4.39 Å². The Hall–Kier alpha value is -2.63.